The third-order valence-electron chi connectivity index (χ3n) is 8.74. The van der Waals surface area contributed by atoms with E-state index < -0.39 is 17.9 Å². The standard InChI is InChI=1S/C43H36FN11O3/c1-52-17-19-53(20-18-52)38-24-34(44)23-35(25-38)51-42(56)54(37-11-5-7-30(21-37)13-15-32-26-47-40(45)48-27-32)55(36-9-3-2-4-10-36)43(57)58-39-12-6-8-31(22-39)14-16-33-28-49-41(46)50-29-33/h2-12,21-29H,17-20H2,1H3,(H,51,56)(H2,45,47,48)(H2,46,49,50). The summed E-state index contributed by atoms with van der Waals surface area (Å²) in [5.41, 5.74) is 14.6. The van der Waals surface area contributed by atoms with Gasteiger partial charge in [0.05, 0.1) is 22.5 Å². The predicted molar refractivity (Wildman–Crippen MR) is 220 cm³/mol. The molecule has 14 nitrogen and oxygen atoms in total. The van der Waals surface area contributed by atoms with Crippen molar-refractivity contribution in [3.05, 3.63) is 150 Å². The molecule has 0 saturated carbocycles. The van der Waals surface area contributed by atoms with E-state index in [0.29, 0.717) is 41.0 Å². The Kier molecular flexibility index (Phi) is 11.6. The second kappa shape index (κ2) is 17.6. The SMILES string of the molecule is CN1CCN(c2cc(F)cc(NC(=O)N(c3cccc(C#Cc4cnc(N)nc4)c3)N(C(=O)Oc3cccc(C#Cc4cnc(N)nc4)c3)c3ccccc3)c2)CC1. The van der Waals surface area contributed by atoms with Gasteiger partial charge in [-0.2, -0.15) is 10.0 Å². The number of aromatic nitrogens is 4. The molecule has 0 aliphatic carbocycles. The van der Waals surface area contributed by atoms with Crippen LogP contribution < -0.4 is 36.4 Å². The molecule has 1 saturated heterocycles. The first-order valence-corrected chi connectivity index (χ1v) is 18.0. The number of benzene rings is 4. The topological polar surface area (TPSA) is 172 Å². The maximum atomic E-state index is 15.2. The van der Waals surface area contributed by atoms with Crippen LogP contribution in [0, 0.1) is 29.5 Å². The number of rotatable bonds is 5. The number of hydrogen-bond acceptors (Lipinski definition) is 11. The van der Waals surface area contributed by atoms with Gasteiger partial charge in [-0.15, -0.1) is 0 Å². The van der Waals surface area contributed by atoms with Crippen molar-refractivity contribution in [3.63, 3.8) is 0 Å². The summed E-state index contributed by atoms with van der Waals surface area (Å²) in [7, 11) is 2.03. The number of nitrogens with zero attached hydrogens (tertiary/aromatic N) is 8. The monoisotopic (exact) mass is 773 g/mol. The molecule has 7 rings (SSSR count). The van der Waals surface area contributed by atoms with Crippen LogP contribution in [0.4, 0.5) is 48.6 Å². The molecule has 1 aliphatic rings. The number of nitrogen functional groups attached to an aromatic ring is 2. The number of halogens is 1. The van der Waals surface area contributed by atoms with E-state index in [9.17, 15) is 9.59 Å². The third kappa shape index (κ3) is 9.80. The Hall–Kier alpha value is -8.01. The summed E-state index contributed by atoms with van der Waals surface area (Å²) in [5, 5.41) is 5.02. The summed E-state index contributed by atoms with van der Waals surface area (Å²) < 4.78 is 21.1. The van der Waals surface area contributed by atoms with Crippen LogP contribution in [0.2, 0.25) is 0 Å². The average Bonchev–Trinajstić information content (AvgIpc) is 3.23. The molecule has 0 spiro atoms. The molecule has 1 aliphatic heterocycles. The first-order valence-electron chi connectivity index (χ1n) is 18.0. The van der Waals surface area contributed by atoms with Crippen LogP contribution >= 0.6 is 0 Å². The zero-order chi connectivity index (χ0) is 40.4. The molecule has 3 amide bonds. The lowest BCUT2D eigenvalue weighted by molar-refractivity contribution is 0.206. The summed E-state index contributed by atoms with van der Waals surface area (Å²) in [4.78, 5) is 49.3. The van der Waals surface area contributed by atoms with Gasteiger partial charge in [-0.1, -0.05) is 54.0 Å². The van der Waals surface area contributed by atoms with Gasteiger partial charge in [0.2, 0.25) is 11.9 Å². The minimum absolute atomic E-state index is 0.115. The highest BCUT2D eigenvalue weighted by Gasteiger charge is 2.32. The Bertz CT molecular complexity index is 2540. The van der Waals surface area contributed by atoms with Crippen LogP contribution in [0.15, 0.2) is 122 Å². The fourth-order valence-electron chi connectivity index (χ4n) is 5.86. The van der Waals surface area contributed by atoms with Crippen molar-refractivity contribution in [2.75, 3.05) is 64.9 Å². The van der Waals surface area contributed by atoms with Gasteiger partial charge in [0.1, 0.15) is 11.6 Å². The molecule has 15 heteroatoms. The lowest BCUT2D eigenvalue weighted by Crippen LogP contribution is -2.53. The second-order valence-electron chi connectivity index (χ2n) is 13.0. The maximum absolute atomic E-state index is 15.2. The molecular weight excluding hydrogens is 738 g/mol. The van der Waals surface area contributed by atoms with Gasteiger partial charge < -0.3 is 31.3 Å². The van der Waals surface area contributed by atoms with Crippen LogP contribution in [0.25, 0.3) is 0 Å². The Morgan fingerprint density at radius 3 is 1.88 bits per heavy atom. The van der Waals surface area contributed by atoms with E-state index in [-0.39, 0.29) is 34.7 Å². The Morgan fingerprint density at radius 1 is 0.672 bits per heavy atom. The number of carbonyl (C=O) groups is 2. The van der Waals surface area contributed by atoms with Crippen LogP contribution in [0.1, 0.15) is 22.3 Å². The predicted octanol–water partition coefficient (Wildman–Crippen LogP) is 5.78. The van der Waals surface area contributed by atoms with E-state index in [2.05, 4.69) is 58.7 Å². The summed E-state index contributed by atoms with van der Waals surface area (Å²) in [6.45, 7) is 2.98. The fourth-order valence-corrected chi connectivity index (χ4v) is 5.86. The van der Waals surface area contributed by atoms with E-state index in [1.54, 1.807) is 84.9 Å². The normalized spacial score (nSPS) is 12.3. The number of anilines is 6. The smallest absolute Gasteiger partial charge is 0.409 e. The number of ether oxygens (including phenoxy) is 1. The molecule has 3 heterocycles. The Balaban J connectivity index is 1.26. The van der Waals surface area contributed by atoms with Crippen molar-refractivity contribution >= 4 is 46.8 Å². The van der Waals surface area contributed by atoms with E-state index in [1.165, 1.54) is 36.9 Å². The number of likely N-dealkylation sites (N-methyl/N-ethyl adjacent to an activating group) is 1. The molecule has 288 valence electrons. The largest absolute Gasteiger partial charge is 0.439 e. The highest BCUT2D eigenvalue weighted by atomic mass is 19.1. The van der Waals surface area contributed by atoms with Crippen molar-refractivity contribution in [3.8, 4) is 29.4 Å². The fraction of sp³-hybridized carbons (Fsp3) is 0.116. The van der Waals surface area contributed by atoms with Crippen molar-refractivity contribution < 1.29 is 18.7 Å². The summed E-state index contributed by atoms with van der Waals surface area (Å²) in [6, 6.07) is 25.4. The second-order valence-corrected chi connectivity index (χ2v) is 13.0. The van der Waals surface area contributed by atoms with Crippen LogP contribution in [0.5, 0.6) is 5.75 Å². The molecule has 1 fully saturated rings. The molecule has 5 N–H and O–H groups in total. The number of amides is 3. The molecule has 0 bridgehead atoms. The zero-order valence-corrected chi connectivity index (χ0v) is 31.2. The lowest BCUT2D eigenvalue weighted by Gasteiger charge is -2.35. The van der Waals surface area contributed by atoms with Crippen LogP contribution in [-0.4, -0.2) is 70.2 Å². The van der Waals surface area contributed by atoms with Crippen molar-refractivity contribution in [2.45, 2.75) is 0 Å². The van der Waals surface area contributed by atoms with Gasteiger partial charge in [0.15, 0.2) is 0 Å². The van der Waals surface area contributed by atoms with Crippen molar-refractivity contribution in [2.24, 2.45) is 0 Å². The van der Waals surface area contributed by atoms with Gasteiger partial charge in [-0.3, -0.25) is 0 Å². The minimum Gasteiger partial charge on any atom is -0.409 e. The minimum atomic E-state index is -0.939. The molecule has 0 atom stereocenters. The van der Waals surface area contributed by atoms with E-state index >= 15 is 4.39 Å². The number of nitrogens with one attached hydrogen (secondary N) is 1. The summed E-state index contributed by atoms with van der Waals surface area (Å²) in [5.74, 6) is 11.9. The van der Waals surface area contributed by atoms with E-state index in [1.807, 2.05) is 7.05 Å². The summed E-state index contributed by atoms with van der Waals surface area (Å²) >= 11 is 0. The summed E-state index contributed by atoms with van der Waals surface area (Å²) in [6.07, 6.45) is 5.05. The van der Waals surface area contributed by atoms with Gasteiger partial charge in [0.25, 0.3) is 0 Å². The number of urea groups is 1. The van der Waals surface area contributed by atoms with E-state index in [4.69, 9.17) is 16.2 Å². The van der Waals surface area contributed by atoms with Gasteiger partial charge >= 0.3 is 12.1 Å². The van der Waals surface area contributed by atoms with Gasteiger partial charge in [-0.05, 0) is 73.8 Å². The number of carbonyl (C=O) groups excluding carboxylic acids is 2. The Morgan fingerprint density at radius 2 is 1.24 bits per heavy atom. The molecule has 0 unspecified atom stereocenters. The molecule has 2 aromatic heterocycles. The molecule has 0 radical (unpaired) electrons. The third-order valence-corrected chi connectivity index (χ3v) is 8.74. The first kappa shape index (κ1) is 38.3. The number of hydrogen-bond donors (Lipinski definition) is 3. The highest BCUT2D eigenvalue weighted by molar-refractivity contribution is 6.09. The maximum Gasteiger partial charge on any atom is 0.439 e. The molecule has 4 aromatic carbocycles. The molecular formula is C43H36FN11O3. The number of hydrazine groups is 1. The Labute approximate surface area is 333 Å². The number of nitrogens with two attached hydrogens (primary N) is 2. The number of para-hydroxylation sites is 1. The first-order chi connectivity index (χ1) is 28.2. The van der Waals surface area contributed by atoms with Crippen molar-refractivity contribution in [1.29, 1.82) is 0 Å². The van der Waals surface area contributed by atoms with Crippen molar-refractivity contribution in [1.82, 2.24) is 24.8 Å². The molecule has 6 aromatic rings. The quantitative estimate of drug-likeness (QED) is 0.143. The van der Waals surface area contributed by atoms with E-state index in [0.717, 1.165) is 23.1 Å². The number of piperazine rings is 1. The zero-order valence-electron chi connectivity index (χ0n) is 31.2. The highest BCUT2D eigenvalue weighted by Crippen LogP contribution is 2.29. The van der Waals surface area contributed by atoms with Gasteiger partial charge in [0, 0.05) is 73.5 Å². The lowest BCUT2D eigenvalue weighted by atomic mass is 10.2. The molecule has 58 heavy (non-hydrogen) atoms. The van der Waals surface area contributed by atoms with Gasteiger partial charge in [-0.25, -0.2) is 33.9 Å². The van der Waals surface area contributed by atoms with Crippen LogP contribution in [-0.2, 0) is 0 Å². The van der Waals surface area contributed by atoms with Crippen LogP contribution in [0.3, 0.4) is 0 Å². The average molecular weight is 774 g/mol.